The Morgan fingerprint density at radius 1 is 1.18 bits per heavy atom. The molecule has 2 aromatic rings. The molecule has 3 aliphatic rings. The first-order valence-corrected chi connectivity index (χ1v) is 13.1. The Kier molecular flexibility index (Phi) is 7.85. The van der Waals surface area contributed by atoms with Gasteiger partial charge in [-0.15, -0.1) is 0 Å². The monoisotopic (exact) mass is 522 g/mol. The largest absolute Gasteiger partial charge is 0.493 e. The summed E-state index contributed by atoms with van der Waals surface area (Å²) in [7, 11) is 1.52. The average molecular weight is 523 g/mol. The van der Waals surface area contributed by atoms with Crippen molar-refractivity contribution >= 4 is 17.7 Å². The van der Waals surface area contributed by atoms with Crippen molar-refractivity contribution in [3.05, 3.63) is 65.7 Å². The molecule has 9 nitrogen and oxygen atoms in total. The van der Waals surface area contributed by atoms with Crippen molar-refractivity contribution in [2.24, 2.45) is 0 Å². The molecule has 0 saturated carbocycles. The van der Waals surface area contributed by atoms with Crippen LogP contribution in [0.25, 0.3) is 0 Å². The highest BCUT2D eigenvalue weighted by atomic mass is 16.7. The summed E-state index contributed by atoms with van der Waals surface area (Å²) in [6.07, 6.45) is 2.60. The number of methoxy groups -OCH3 is 1. The number of carbonyl (C=O) groups excluding carboxylic acids is 2. The van der Waals surface area contributed by atoms with Crippen LogP contribution in [0.2, 0.25) is 0 Å². The molecule has 3 aliphatic heterocycles. The molecule has 1 saturated heterocycles. The normalized spacial score (nSPS) is 22.5. The number of amides is 2. The minimum Gasteiger partial charge on any atom is -0.493 e. The van der Waals surface area contributed by atoms with E-state index in [0.29, 0.717) is 55.4 Å². The summed E-state index contributed by atoms with van der Waals surface area (Å²) in [4.78, 5) is 31.1. The first-order chi connectivity index (χ1) is 18.5. The Morgan fingerprint density at radius 3 is 2.71 bits per heavy atom. The number of rotatable bonds is 7. The smallest absolute Gasteiger partial charge is 0.416 e. The predicted molar refractivity (Wildman–Crippen MR) is 140 cm³/mol. The van der Waals surface area contributed by atoms with Gasteiger partial charge in [0.25, 0.3) is 5.91 Å². The Labute approximate surface area is 222 Å². The van der Waals surface area contributed by atoms with Gasteiger partial charge < -0.3 is 28.6 Å². The van der Waals surface area contributed by atoms with Gasteiger partial charge in [0.2, 0.25) is 0 Å². The summed E-state index contributed by atoms with van der Waals surface area (Å²) in [5, 5.41) is 0. The second kappa shape index (κ2) is 11.4. The van der Waals surface area contributed by atoms with Gasteiger partial charge in [-0.1, -0.05) is 36.9 Å². The summed E-state index contributed by atoms with van der Waals surface area (Å²) in [6, 6.07) is 10.8. The van der Waals surface area contributed by atoms with Gasteiger partial charge in [0.05, 0.1) is 31.0 Å². The molecule has 2 amide bonds. The number of hydrogen-bond donors (Lipinski definition) is 0. The van der Waals surface area contributed by atoms with Crippen molar-refractivity contribution in [2.75, 3.05) is 31.8 Å². The quantitative estimate of drug-likeness (QED) is 0.489. The summed E-state index contributed by atoms with van der Waals surface area (Å²) in [5.74, 6) is 0.597. The lowest BCUT2D eigenvalue weighted by Crippen LogP contribution is -2.58. The van der Waals surface area contributed by atoms with Crippen LogP contribution < -0.4 is 14.4 Å². The van der Waals surface area contributed by atoms with Crippen LogP contribution in [-0.4, -0.2) is 62.4 Å². The van der Waals surface area contributed by atoms with E-state index in [0.717, 1.165) is 24.0 Å². The molecule has 0 aromatic heterocycles. The minimum absolute atomic E-state index is 0.0109. The fourth-order valence-corrected chi connectivity index (χ4v) is 5.36. The molecule has 9 heteroatoms. The highest BCUT2D eigenvalue weighted by Crippen LogP contribution is 2.42. The zero-order valence-corrected chi connectivity index (χ0v) is 21.9. The molecular weight excluding hydrogens is 488 g/mol. The van der Waals surface area contributed by atoms with Crippen molar-refractivity contribution in [3.8, 4) is 11.5 Å². The molecule has 2 unspecified atom stereocenters. The lowest BCUT2D eigenvalue weighted by Gasteiger charge is -2.43. The van der Waals surface area contributed by atoms with Crippen LogP contribution in [0.15, 0.2) is 49.1 Å². The van der Waals surface area contributed by atoms with Crippen molar-refractivity contribution in [1.82, 2.24) is 4.90 Å². The third kappa shape index (κ3) is 4.96. The van der Waals surface area contributed by atoms with Crippen LogP contribution in [0.4, 0.5) is 10.5 Å². The molecule has 202 valence electrons. The van der Waals surface area contributed by atoms with Crippen LogP contribution >= 0.6 is 0 Å². The maximum absolute atomic E-state index is 14.2. The van der Waals surface area contributed by atoms with E-state index >= 15 is 0 Å². The van der Waals surface area contributed by atoms with Crippen molar-refractivity contribution in [1.29, 1.82) is 0 Å². The van der Waals surface area contributed by atoms with Gasteiger partial charge in [-0.2, -0.15) is 0 Å². The highest BCUT2D eigenvalue weighted by Gasteiger charge is 2.47. The van der Waals surface area contributed by atoms with Gasteiger partial charge in [-0.3, -0.25) is 4.79 Å². The van der Waals surface area contributed by atoms with Gasteiger partial charge >= 0.3 is 6.09 Å². The van der Waals surface area contributed by atoms with E-state index in [9.17, 15) is 9.59 Å². The van der Waals surface area contributed by atoms with Crippen molar-refractivity contribution < 1.29 is 33.3 Å². The van der Waals surface area contributed by atoms with E-state index < -0.39 is 24.7 Å². The van der Waals surface area contributed by atoms with E-state index in [1.54, 1.807) is 17.0 Å². The number of anilines is 1. The standard InChI is InChI=1S/C29H34N2O7/c1-4-13-37-29(33)31-22-17-25(35-5-2)24(34-3)16-21(22)27(32)30-18-20-11-7-6-10-19(20)15-23(30)28(31)38-26-12-8-9-14-36-26/h4,6-7,10-11,16-17,23,26,28H,1,5,8-9,12-15,18H2,2-3H3/t23-,26?,28?/m0/s1. The first-order valence-electron chi connectivity index (χ1n) is 13.1. The zero-order valence-electron chi connectivity index (χ0n) is 21.9. The molecule has 0 bridgehead atoms. The van der Waals surface area contributed by atoms with E-state index in [1.807, 2.05) is 25.1 Å². The number of benzene rings is 2. The van der Waals surface area contributed by atoms with Gasteiger partial charge in [-0.05, 0) is 49.8 Å². The zero-order chi connectivity index (χ0) is 26.6. The molecule has 0 radical (unpaired) electrons. The van der Waals surface area contributed by atoms with Crippen LogP contribution in [-0.2, 0) is 27.2 Å². The van der Waals surface area contributed by atoms with E-state index in [-0.39, 0.29) is 12.5 Å². The second-order valence-electron chi connectivity index (χ2n) is 9.48. The Morgan fingerprint density at radius 2 is 2.00 bits per heavy atom. The Balaban J connectivity index is 1.68. The molecule has 0 N–H and O–H groups in total. The third-order valence-corrected chi connectivity index (χ3v) is 7.16. The lowest BCUT2D eigenvalue weighted by atomic mass is 9.92. The van der Waals surface area contributed by atoms with Crippen LogP contribution in [0, 0.1) is 0 Å². The molecule has 1 fully saturated rings. The Hall–Kier alpha value is -3.56. The van der Waals surface area contributed by atoms with Crippen molar-refractivity contribution in [3.63, 3.8) is 0 Å². The lowest BCUT2D eigenvalue weighted by molar-refractivity contribution is -0.197. The summed E-state index contributed by atoms with van der Waals surface area (Å²) in [5.41, 5.74) is 2.82. The molecule has 5 rings (SSSR count). The van der Waals surface area contributed by atoms with Crippen molar-refractivity contribution in [2.45, 2.75) is 57.7 Å². The molecule has 38 heavy (non-hydrogen) atoms. The molecular formula is C29H34N2O7. The second-order valence-corrected chi connectivity index (χ2v) is 9.48. The maximum atomic E-state index is 14.2. The molecule has 2 aromatic carbocycles. The number of hydrogen-bond acceptors (Lipinski definition) is 7. The summed E-state index contributed by atoms with van der Waals surface area (Å²) < 4.78 is 29.4. The predicted octanol–water partition coefficient (Wildman–Crippen LogP) is 4.67. The summed E-state index contributed by atoms with van der Waals surface area (Å²) >= 11 is 0. The number of nitrogens with zero attached hydrogens (tertiary/aromatic N) is 2. The summed E-state index contributed by atoms with van der Waals surface area (Å²) in [6.45, 7) is 6.88. The number of carbonyl (C=O) groups is 2. The molecule has 3 atom stereocenters. The van der Waals surface area contributed by atoms with Gasteiger partial charge in [0, 0.05) is 19.2 Å². The number of ether oxygens (including phenoxy) is 5. The Bertz CT molecular complexity index is 1190. The molecule has 0 aliphatic carbocycles. The van der Waals surface area contributed by atoms with E-state index in [2.05, 4.69) is 12.6 Å². The average Bonchev–Trinajstić information content (AvgIpc) is 3.03. The first kappa shape index (κ1) is 26.1. The van der Waals surface area contributed by atoms with Gasteiger partial charge in [-0.25, -0.2) is 9.69 Å². The third-order valence-electron chi connectivity index (χ3n) is 7.16. The minimum atomic E-state index is -0.864. The topological polar surface area (TPSA) is 86.8 Å². The fourth-order valence-electron chi connectivity index (χ4n) is 5.36. The van der Waals surface area contributed by atoms with Crippen LogP contribution in [0.3, 0.4) is 0 Å². The van der Waals surface area contributed by atoms with Crippen LogP contribution in [0.1, 0.15) is 47.7 Å². The maximum Gasteiger partial charge on any atom is 0.416 e. The number of fused-ring (bicyclic) bond motifs is 3. The van der Waals surface area contributed by atoms with E-state index in [1.165, 1.54) is 18.1 Å². The molecule has 3 heterocycles. The SMILES string of the molecule is C=CCOC(=O)N1c2cc(OCC)c(OC)cc2C(=O)N2Cc3ccccc3C[C@H]2C1OC1CCCCO1. The van der Waals surface area contributed by atoms with E-state index in [4.69, 9.17) is 23.7 Å². The van der Waals surface area contributed by atoms with Gasteiger partial charge in [0.15, 0.2) is 24.0 Å². The van der Waals surface area contributed by atoms with Crippen LogP contribution in [0.5, 0.6) is 11.5 Å². The molecule has 0 spiro atoms. The fraction of sp³-hybridized carbons (Fsp3) is 0.448. The highest BCUT2D eigenvalue weighted by molar-refractivity contribution is 6.06. The van der Waals surface area contributed by atoms with Gasteiger partial charge in [0.1, 0.15) is 6.61 Å².